The Morgan fingerprint density at radius 2 is 2.15 bits per heavy atom. The minimum atomic E-state index is -0.319. The lowest BCUT2D eigenvalue weighted by Gasteiger charge is -2.39. The number of hydrogen-bond donors (Lipinski definition) is 1. The third kappa shape index (κ3) is 2.75. The van der Waals surface area contributed by atoms with Gasteiger partial charge < -0.3 is 14.8 Å². The number of benzene rings is 1. The predicted molar refractivity (Wildman–Crippen MR) is 76.7 cm³/mol. The molecule has 1 saturated carbocycles. The fourth-order valence-electron chi connectivity index (χ4n) is 3.51. The van der Waals surface area contributed by atoms with Gasteiger partial charge in [0, 0.05) is 24.4 Å². The lowest BCUT2D eigenvalue weighted by Crippen LogP contribution is -2.42. The van der Waals surface area contributed by atoms with Gasteiger partial charge in [0.05, 0.1) is 12.7 Å². The quantitative estimate of drug-likeness (QED) is 0.914. The van der Waals surface area contributed by atoms with E-state index in [-0.39, 0.29) is 17.2 Å². The highest BCUT2D eigenvalue weighted by atomic mass is 19.1. The summed E-state index contributed by atoms with van der Waals surface area (Å²) in [5.41, 5.74) is 0.907. The van der Waals surface area contributed by atoms with Crippen molar-refractivity contribution in [3.8, 4) is 5.75 Å². The van der Waals surface area contributed by atoms with Crippen LogP contribution in [0.15, 0.2) is 18.2 Å². The summed E-state index contributed by atoms with van der Waals surface area (Å²) in [5.74, 6) is -0.0325. The van der Waals surface area contributed by atoms with E-state index in [2.05, 4.69) is 5.32 Å². The van der Waals surface area contributed by atoms with Gasteiger partial charge in [-0.25, -0.2) is 4.39 Å². The molecular weight excluding hydrogens is 257 g/mol. The third-order valence-electron chi connectivity index (χ3n) is 4.53. The van der Waals surface area contributed by atoms with Crippen LogP contribution < -0.4 is 10.1 Å². The van der Waals surface area contributed by atoms with Crippen molar-refractivity contribution in [2.45, 2.75) is 50.2 Å². The van der Waals surface area contributed by atoms with E-state index in [9.17, 15) is 4.39 Å². The zero-order valence-corrected chi connectivity index (χ0v) is 12.0. The van der Waals surface area contributed by atoms with Crippen LogP contribution in [-0.2, 0) is 4.74 Å². The Bertz CT molecular complexity index is 472. The first-order valence-electron chi connectivity index (χ1n) is 7.45. The largest absolute Gasteiger partial charge is 0.494 e. The highest BCUT2D eigenvalue weighted by molar-refractivity contribution is 5.48. The monoisotopic (exact) mass is 279 g/mol. The zero-order chi connectivity index (χ0) is 14.0. The lowest BCUT2D eigenvalue weighted by molar-refractivity contribution is -0.0767. The van der Waals surface area contributed by atoms with Gasteiger partial charge in [-0.15, -0.1) is 0 Å². The van der Waals surface area contributed by atoms with Gasteiger partial charge in [-0.3, -0.25) is 0 Å². The molecule has 2 aliphatic rings. The van der Waals surface area contributed by atoms with Gasteiger partial charge in [0.1, 0.15) is 0 Å². The molecule has 3 rings (SSSR count). The molecule has 0 amide bonds. The van der Waals surface area contributed by atoms with E-state index in [1.807, 2.05) is 6.07 Å². The smallest absolute Gasteiger partial charge is 0.167 e. The van der Waals surface area contributed by atoms with Crippen molar-refractivity contribution in [2.24, 2.45) is 0 Å². The topological polar surface area (TPSA) is 30.5 Å². The van der Waals surface area contributed by atoms with Crippen LogP contribution in [0.25, 0.3) is 0 Å². The number of halogens is 1. The van der Waals surface area contributed by atoms with Crippen molar-refractivity contribution in [3.05, 3.63) is 24.0 Å². The average Bonchev–Trinajstić information content (AvgIpc) is 2.87. The first-order valence-corrected chi connectivity index (χ1v) is 7.45. The molecule has 1 aromatic rings. The molecule has 2 fully saturated rings. The van der Waals surface area contributed by atoms with Crippen LogP contribution in [0.1, 0.15) is 38.5 Å². The fourth-order valence-corrected chi connectivity index (χ4v) is 3.51. The summed E-state index contributed by atoms with van der Waals surface area (Å²) in [7, 11) is 1.48. The molecule has 3 nitrogen and oxygen atoms in total. The Labute approximate surface area is 119 Å². The van der Waals surface area contributed by atoms with E-state index in [1.54, 1.807) is 6.07 Å². The lowest BCUT2D eigenvalue weighted by atomic mass is 9.89. The number of rotatable bonds is 3. The van der Waals surface area contributed by atoms with Crippen molar-refractivity contribution in [2.75, 3.05) is 19.0 Å². The Kier molecular flexibility index (Phi) is 3.83. The van der Waals surface area contributed by atoms with E-state index >= 15 is 0 Å². The van der Waals surface area contributed by atoms with E-state index < -0.39 is 0 Å². The maximum atomic E-state index is 13.7. The molecule has 0 aromatic heterocycles. The van der Waals surface area contributed by atoms with Crippen molar-refractivity contribution in [1.29, 1.82) is 0 Å². The normalized spacial score (nSPS) is 24.8. The molecule has 1 saturated heterocycles. The van der Waals surface area contributed by atoms with Crippen LogP contribution in [-0.4, -0.2) is 25.4 Å². The average molecular weight is 279 g/mol. The molecule has 1 N–H and O–H groups in total. The number of ether oxygens (including phenoxy) is 2. The van der Waals surface area contributed by atoms with Crippen LogP contribution in [0.4, 0.5) is 10.1 Å². The van der Waals surface area contributed by atoms with E-state index in [0.29, 0.717) is 6.04 Å². The minimum absolute atomic E-state index is 0.0843. The molecule has 0 radical (unpaired) electrons. The molecule has 1 aromatic carbocycles. The van der Waals surface area contributed by atoms with Gasteiger partial charge in [-0.1, -0.05) is 12.8 Å². The molecule has 1 heterocycles. The van der Waals surface area contributed by atoms with Crippen LogP contribution >= 0.6 is 0 Å². The Morgan fingerprint density at radius 3 is 2.85 bits per heavy atom. The molecule has 1 atom stereocenters. The second-order valence-corrected chi connectivity index (χ2v) is 5.92. The molecule has 20 heavy (non-hydrogen) atoms. The molecule has 110 valence electrons. The summed E-state index contributed by atoms with van der Waals surface area (Å²) in [6, 6.07) is 5.42. The van der Waals surface area contributed by atoms with Crippen LogP contribution in [0.3, 0.4) is 0 Å². The maximum absolute atomic E-state index is 13.7. The summed E-state index contributed by atoms with van der Waals surface area (Å²) in [6.07, 6.45) is 6.88. The number of nitrogens with one attached hydrogen (secondary N) is 1. The van der Waals surface area contributed by atoms with Gasteiger partial charge in [0.25, 0.3) is 0 Å². The van der Waals surface area contributed by atoms with Gasteiger partial charge >= 0.3 is 0 Å². The molecule has 1 spiro atoms. The highest BCUT2D eigenvalue weighted by Gasteiger charge is 2.39. The standard InChI is InChI=1S/C16H22FNO2/c1-19-15-5-4-12(10-14(15)17)18-13-6-9-20-16(11-13)7-2-3-8-16/h4-5,10,13,18H,2-3,6-9,11H2,1H3. The summed E-state index contributed by atoms with van der Waals surface area (Å²) in [5, 5.41) is 3.45. The Morgan fingerprint density at radius 1 is 1.35 bits per heavy atom. The second-order valence-electron chi connectivity index (χ2n) is 5.92. The predicted octanol–water partition coefficient (Wildman–Crippen LogP) is 3.74. The molecule has 1 aliphatic heterocycles. The third-order valence-corrected chi connectivity index (χ3v) is 4.53. The van der Waals surface area contributed by atoms with E-state index in [1.165, 1.54) is 38.9 Å². The molecule has 1 unspecified atom stereocenters. The Hall–Kier alpha value is -1.29. The van der Waals surface area contributed by atoms with Crippen molar-refractivity contribution < 1.29 is 13.9 Å². The maximum Gasteiger partial charge on any atom is 0.167 e. The molecule has 4 heteroatoms. The van der Waals surface area contributed by atoms with E-state index in [4.69, 9.17) is 9.47 Å². The van der Waals surface area contributed by atoms with Gasteiger partial charge in [0.2, 0.25) is 0 Å². The van der Waals surface area contributed by atoms with Crippen molar-refractivity contribution in [3.63, 3.8) is 0 Å². The van der Waals surface area contributed by atoms with Crippen LogP contribution in [0.5, 0.6) is 5.75 Å². The number of methoxy groups -OCH3 is 1. The van der Waals surface area contributed by atoms with Gasteiger partial charge in [0.15, 0.2) is 11.6 Å². The molecular formula is C16H22FNO2. The summed E-state index contributed by atoms with van der Waals surface area (Å²) < 4.78 is 24.7. The molecule has 0 bridgehead atoms. The van der Waals surface area contributed by atoms with Gasteiger partial charge in [-0.2, -0.15) is 0 Å². The van der Waals surface area contributed by atoms with Crippen molar-refractivity contribution in [1.82, 2.24) is 0 Å². The Balaban J connectivity index is 1.66. The number of hydrogen-bond acceptors (Lipinski definition) is 3. The number of anilines is 1. The first kappa shape index (κ1) is 13.7. The van der Waals surface area contributed by atoms with Crippen LogP contribution in [0.2, 0.25) is 0 Å². The van der Waals surface area contributed by atoms with Crippen LogP contribution in [0, 0.1) is 5.82 Å². The van der Waals surface area contributed by atoms with Crippen molar-refractivity contribution >= 4 is 5.69 Å². The second kappa shape index (κ2) is 5.60. The summed E-state index contributed by atoms with van der Waals surface area (Å²) >= 11 is 0. The fraction of sp³-hybridized carbons (Fsp3) is 0.625. The van der Waals surface area contributed by atoms with E-state index in [0.717, 1.165) is 25.1 Å². The summed E-state index contributed by atoms with van der Waals surface area (Å²) in [6.45, 7) is 0.802. The summed E-state index contributed by atoms with van der Waals surface area (Å²) in [4.78, 5) is 0. The van der Waals surface area contributed by atoms with Gasteiger partial charge in [-0.05, 0) is 37.8 Å². The molecule has 1 aliphatic carbocycles. The zero-order valence-electron chi connectivity index (χ0n) is 12.0. The highest BCUT2D eigenvalue weighted by Crippen LogP contribution is 2.40. The SMILES string of the molecule is COc1ccc(NC2CCOC3(CCCC3)C2)cc1F. The first-order chi connectivity index (χ1) is 9.71. The minimum Gasteiger partial charge on any atom is -0.494 e.